The maximum absolute atomic E-state index is 11.5. The van der Waals surface area contributed by atoms with Crippen LogP contribution in [0.5, 0.6) is 0 Å². The summed E-state index contributed by atoms with van der Waals surface area (Å²) in [5, 5.41) is 12.1. The van der Waals surface area contributed by atoms with Gasteiger partial charge >= 0.3 is 0 Å². The number of carbonyl (C=O) groups is 1. The number of nitrogens with one attached hydrogen (secondary N) is 1. The zero-order valence-electron chi connectivity index (χ0n) is 9.92. The quantitative estimate of drug-likeness (QED) is 0.709. The van der Waals surface area contributed by atoms with Crippen LogP contribution in [0.1, 0.15) is 41.0 Å². The lowest BCUT2D eigenvalue weighted by atomic mass is 9.91. The largest absolute Gasteiger partial charge is 0.394 e. The Labute approximate surface area is 86.9 Å². The average Bonchev–Trinajstić information content (AvgIpc) is 2.02. The third-order valence-electron chi connectivity index (χ3n) is 2.16. The van der Waals surface area contributed by atoms with E-state index in [4.69, 9.17) is 0 Å². The third kappa shape index (κ3) is 4.61. The summed E-state index contributed by atoms with van der Waals surface area (Å²) in [6, 6.07) is 0. The van der Waals surface area contributed by atoms with E-state index in [0.29, 0.717) is 5.92 Å². The molecule has 0 fully saturated rings. The maximum atomic E-state index is 11.5. The van der Waals surface area contributed by atoms with Gasteiger partial charge < -0.3 is 10.4 Å². The van der Waals surface area contributed by atoms with Gasteiger partial charge in [-0.3, -0.25) is 4.79 Å². The van der Waals surface area contributed by atoms with Crippen LogP contribution in [0, 0.1) is 11.8 Å². The monoisotopic (exact) mass is 201 g/mol. The topological polar surface area (TPSA) is 49.3 Å². The second-order valence-corrected chi connectivity index (χ2v) is 4.96. The fourth-order valence-corrected chi connectivity index (χ4v) is 1.50. The van der Waals surface area contributed by atoms with Gasteiger partial charge in [-0.25, -0.2) is 0 Å². The molecule has 0 saturated heterocycles. The van der Waals surface area contributed by atoms with Crippen LogP contribution >= 0.6 is 0 Å². The summed E-state index contributed by atoms with van der Waals surface area (Å²) >= 11 is 0. The Hall–Kier alpha value is -0.570. The highest BCUT2D eigenvalue weighted by Gasteiger charge is 2.27. The molecule has 0 aromatic carbocycles. The van der Waals surface area contributed by atoms with E-state index in [1.165, 1.54) is 0 Å². The summed E-state index contributed by atoms with van der Waals surface area (Å²) in [6.45, 7) is 9.73. The molecule has 0 bridgehead atoms. The van der Waals surface area contributed by atoms with Crippen molar-refractivity contribution in [2.24, 2.45) is 11.8 Å². The predicted molar refractivity (Wildman–Crippen MR) is 57.9 cm³/mol. The van der Waals surface area contributed by atoms with Crippen LogP contribution in [0.3, 0.4) is 0 Å². The SMILES string of the molecule is CC(C)C[C@@](C)(CO)NC(=O)C(C)C. The van der Waals surface area contributed by atoms with Gasteiger partial charge in [0.05, 0.1) is 12.1 Å². The Balaban J connectivity index is 4.32. The summed E-state index contributed by atoms with van der Waals surface area (Å²) in [7, 11) is 0. The van der Waals surface area contributed by atoms with Crippen molar-refractivity contribution in [1.29, 1.82) is 0 Å². The molecule has 0 aliphatic carbocycles. The van der Waals surface area contributed by atoms with Gasteiger partial charge in [0.1, 0.15) is 0 Å². The molecular formula is C11H23NO2. The first-order chi connectivity index (χ1) is 6.30. The van der Waals surface area contributed by atoms with E-state index in [9.17, 15) is 9.90 Å². The minimum Gasteiger partial charge on any atom is -0.394 e. The molecule has 0 aliphatic heterocycles. The summed E-state index contributed by atoms with van der Waals surface area (Å²) < 4.78 is 0. The number of carbonyl (C=O) groups excluding carboxylic acids is 1. The summed E-state index contributed by atoms with van der Waals surface area (Å²) in [5.74, 6) is 0.426. The zero-order chi connectivity index (χ0) is 11.4. The minimum atomic E-state index is -0.477. The number of hydrogen-bond acceptors (Lipinski definition) is 2. The van der Waals surface area contributed by atoms with E-state index in [2.05, 4.69) is 19.2 Å². The van der Waals surface area contributed by atoms with E-state index in [0.717, 1.165) is 6.42 Å². The van der Waals surface area contributed by atoms with Crippen molar-refractivity contribution < 1.29 is 9.90 Å². The molecule has 0 aromatic heterocycles. The van der Waals surface area contributed by atoms with Gasteiger partial charge in [0.15, 0.2) is 0 Å². The Morgan fingerprint density at radius 2 is 1.86 bits per heavy atom. The average molecular weight is 201 g/mol. The van der Waals surface area contributed by atoms with Crippen LogP contribution < -0.4 is 5.32 Å². The van der Waals surface area contributed by atoms with Crippen molar-refractivity contribution in [3.8, 4) is 0 Å². The van der Waals surface area contributed by atoms with Crippen LogP contribution in [0.4, 0.5) is 0 Å². The molecule has 2 N–H and O–H groups in total. The fourth-order valence-electron chi connectivity index (χ4n) is 1.50. The highest BCUT2D eigenvalue weighted by molar-refractivity contribution is 5.78. The number of hydrogen-bond donors (Lipinski definition) is 2. The molecule has 0 heterocycles. The van der Waals surface area contributed by atoms with Crippen LogP contribution in [0.15, 0.2) is 0 Å². The molecule has 14 heavy (non-hydrogen) atoms. The van der Waals surface area contributed by atoms with Crippen molar-refractivity contribution in [2.75, 3.05) is 6.61 Å². The van der Waals surface area contributed by atoms with Crippen molar-refractivity contribution >= 4 is 5.91 Å². The minimum absolute atomic E-state index is 0.00204. The fraction of sp³-hybridized carbons (Fsp3) is 0.909. The van der Waals surface area contributed by atoms with Gasteiger partial charge in [0.25, 0.3) is 0 Å². The lowest BCUT2D eigenvalue weighted by molar-refractivity contribution is -0.126. The van der Waals surface area contributed by atoms with Crippen molar-refractivity contribution in [1.82, 2.24) is 5.32 Å². The molecule has 1 atom stereocenters. The first-order valence-corrected chi connectivity index (χ1v) is 5.23. The van der Waals surface area contributed by atoms with Gasteiger partial charge in [-0.2, -0.15) is 0 Å². The number of amides is 1. The molecule has 0 rings (SSSR count). The molecule has 0 aliphatic rings. The summed E-state index contributed by atoms with van der Waals surface area (Å²) in [4.78, 5) is 11.5. The van der Waals surface area contributed by atoms with Gasteiger partial charge in [0, 0.05) is 5.92 Å². The smallest absolute Gasteiger partial charge is 0.223 e. The van der Waals surface area contributed by atoms with E-state index >= 15 is 0 Å². The lowest BCUT2D eigenvalue weighted by Gasteiger charge is -2.31. The molecular weight excluding hydrogens is 178 g/mol. The summed E-state index contributed by atoms with van der Waals surface area (Å²) in [5.41, 5.74) is -0.477. The van der Waals surface area contributed by atoms with E-state index < -0.39 is 5.54 Å². The van der Waals surface area contributed by atoms with Crippen LogP contribution in [0.2, 0.25) is 0 Å². The Morgan fingerprint density at radius 3 is 2.14 bits per heavy atom. The van der Waals surface area contributed by atoms with Crippen molar-refractivity contribution in [3.05, 3.63) is 0 Å². The van der Waals surface area contributed by atoms with Crippen LogP contribution in [0.25, 0.3) is 0 Å². The Kier molecular flexibility index (Phi) is 5.13. The first-order valence-electron chi connectivity index (χ1n) is 5.23. The van der Waals surface area contributed by atoms with Crippen LogP contribution in [-0.4, -0.2) is 23.2 Å². The van der Waals surface area contributed by atoms with Crippen molar-refractivity contribution in [3.63, 3.8) is 0 Å². The van der Waals surface area contributed by atoms with E-state index in [1.54, 1.807) is 0 Å². The molecule has 84 valence electrons. The number of aliphatic hydroxyl groups is 1. The van der Waals surface area contributed by atoms with Crippen LogP contribution in [-0.2, 0) is 4.79 Å². The lowest BCUT2D eigenvalue weighted by Crippen LogP contribution is -2.51. The first kappa shape index (κ1) is 13.4. The molecule has 0 radical (unpaired) electrons. The second kappa shape index (κ2) is 5.35. The predicted octanol–water partition coefficient (Wildman–Crippen LogP) is 1.56. The Bertz CT molecular complexity index is 190. The van der Waals surface area contributed by atoms with E-state index in [1.807, 2.05) is 20.8 Å². The Morgan fingerprint density at radius 1 is 1.36 bits per heavy atom. The molecule has 3 heteroatoms. The summed E-state index contributed by atoms with van der Waals surface area (Å²) in [6.07, 6.45) is 0.794. The van der Waals surface area contributed by atoms with Gasteiger partial charge in [-0.05, 0) is 19.3 Å². The van der Waals surface area contributed by atoms with Gasteiger partial charge in [0.2, 0.25) is 5.91 Å². The zero-order valence-corrected chi connectivity index (χ0v) is 9.92. The maximum Gasteiger partial charge on any atom is 0.223 e. The number of aliphatic hydroxyl groups excluding tert-OH is 1. The molecule has 1 amide bonds. The molecule has 0 aromatic rings. The molecule has 3 nitrogen and oxygen atoms in total. The highest BCUT2D eigenvalue weighted by atomic mass is 16.3. The molecule has 0 saturated carbocycles. The van der Waals surface area contributed by atoms with E-state index in [-0.39, 0.29) is 18.4 Å². The van der Waals surface area contributed by atoms with Gasteiger partial charge in [-0.1, -0.05) is 27.7 Å². The third-order valence-corrected chi connectivity index (χ3v) is 2.16. The number of rotatable bonds is 5. The normalized spacial score (nSPS) is 15.7. The van der Waals surface area contributed by atoms with Gasteiger partial charge in [-0.15, -0.1) is 0 Å². The second-order valence-electron chi connectivity index (χ2n) is 4.96. The molecule has 0 unspecified atom stereocenters. The molecule has 0 spiro atoms. The highest BCUT2D eigenvalue weighted by Crippen LogP contribution is 2.16. The van der Waals surface area contributed by atoms with Crippen molar-refractivity contribution in [2.45, 2.75) is 46.6 Å². The standard InChI is InChI=1S/C11H23NO2/c1-8(2)6-11(5,7-13)12-10(14)9(3)4/h8-9,13H,6-7H2,1-5H3,(H,12,14)/t11-/m0/s1.